The highest BCUT2D eigenvalue weighted by atomic mass is 16.2. The van der Waals surface area contributed by atoms with E-state index < -0.39 is 0 Å². The van der Waals surface area contributed by atoms with Crippen LogP contribution in [0.2, 0.25) is 0 Å². The summed E-state index contributed by atoms with van der Waals surface area (Å²) in [4.78, 5) is 28.0. The molecule has 2 N–H and O–H groups in total. The topological polar surface area (TPSA) is 66.6 Å². The largest absolute Gasteiger partial charge is 0.347 e. The first-order valence-corrected chi connectivity index (χ1v) is 7.72. The molecule has 1 aliphatic carbocycles. The fraction of sp³-hybridized carbons (Fsp3) is 0.867. The first kappa shape index (κ1) is 15.3. The number of nitrogens with two attached hydrogens (primary N) is 1. The summed E-state index contributed by atoms with van der Waals surface area (Å²) in [5.41, 5.74) is 6.02. The van der Waals surface area contributed by atoms with E-state index in [2.05, 4.69) is 0 Å². The van der Waals surface area contributed by atoms with Crippen molar-refractivity contribution in [1.29, 1.82) is 0 Å². The Morgan fingerprint density at radius 3 is 2.45 bits per heavy atom. The Kier molecular flexibility index (Phi) is 4.68. The summed E-state index contributed by atoms with van der Waals surface area (Å²) in [5.74, 6) is 0.0951. The van der Waals surface area contributed by atoms with Crippen molar-refractivity contribution in [2.24, 2.45) is 5.73 Å². The van der Waals surface area contributed by atoms with Gasteiger partial charge in [-0.05, 0) is 25.7 Å². The molecule has 1 unspecified atom stereocenters. The SMILES string of the molecule is CN(C)C(=O)C1CCCN1C(=O)CC1(N)CCCCC1. The van der Waals surface area contributed by atoms with Gasteiger partial charge in [-0.1, -0.05) is 19.3 Å². The number of amides is 2. The Morgan fingerprint density at radius 2 is 1.85 bits per heavy atom. The quantitative estimate of drug-likeness (QED) is 0.843. The Labute approximate surface area is 121 Å². The number of rotatable bonds is 3. The van der Waals surface area contributed by atoms with E-state index in [0.717, 1.165) is 38.5 Å². The zero-order valence-corrected chi connectivity index (χ0v) is 12.7. The predicted octanol–water partition coefficient (Wildman–Crippen LogP) is 1.12. The van der Waals surface area contributed by atoms with Crippen LogP contribution in [-0.2, 0) is 9.59 Å². The van der Waals surface area contributed by atoms with Crippen LogP contribution in [0.4, 0.5) is 0 Å². The standard InChI is InChI=1S/C15H27N3O2/c1-17(2)14(20)12-7-6-10-18(12)13(19)11-15(16)8-4-3-5-9-15/h12H,3-11,16H2,1-2H3. The lowest BCUT2D eigenvalue weighted by molar-refractivity contribution is -0.143. The van der Waals surface area contributed by atoms with E-state index in [1.165, 1.54) is 6.42 Å². The molecule has 2 amide bonds. The van der Waals surface area contributed by atoms with Gasteiger partial charge in [0.2, 0.25) is 11.8 Å². The zero-order chi connectivity index (χ0) is 14.8. The molecule has 5 nitrogen and oxygen atoms in total. The molecular weight excluding hydrogens is 254 g/mol. The van der Waals surface area contributed by atoms with Crippen molar-refractivity contribution in [3.8, 4) is 0 Å². The molecule has 0 aromatic heterocycles. The number of likely N-dealkylation sites (tertiary alicyclic amines) is 1. The molecule has 2 fully saturated rings. The van der Waals surface area contributed by atoms with Crippen LogP contribution in [0.25, 0.3) is 0 Å². The summed E-state index contributed by atoms with van der Waals surface area (Å²) in [6, 6.07) is -0.273. The van der Waals surface area contributed by atoms with Gasteiger partial charge in [-0.3, -0.25) is 9.59 Å². The van der Waals surface area contributed by atoms with Gasteiger partial charge in [0.05, 0.1) is 0 Å². The summed E-state index contributed by atoms with van der Waals surface area (Å²) in [7, 11) is 3.49. The highest BCUT2D eigenvalue weighted by Gasteiger charge is 2.38. The Bertz CT molecular complexity index is 375. The Hall–Kier alpha value is -1.10. The molecule has 1 saturated carbocycles. The maximum Gasteiger partial charge on any atom is 0.244 e. The lowest BCUT2D eigenvalue weighted by Gasteiger charge is -2.35. The summed E-state index contributed by atoms with van der Waals surface area (Å²) in [6.45, 7) is 0.694. The minimum atomic E-state index is -0.344. The fourth-order valence-electron chi connectivity index (χ4n) is 3.46. The number of carbonyl (C=O) groups excluding carboxylic acids is 2. The van der Waals surface area contributed by atoms with Crippen LogP contribution < -0.4 is 5.73 Å². The highest BCUT2D eigenvalue weighted by Crippen LogP contribution is 2.30. The number of carbonyl (C=O) groups is 2. The van der Waals surface area contributed by atoms with Crippen LogP contribution in [0.3, 0.4) is 0 Å². The molecule has 2 aliphatic rings. The Morgan fingerprint density at radius 1 is 1.20 bits per heavy atom. The molecule has 0 aromatic rings. The normalized spacial score (nSPS) is 25.6. The second-order valence-corrected chi connectivity index (χ2v) is 6.58. The third-order valence-corrected chi connectivity index (χ3v) is 4.65. The number of hydrogen-bond acceptors (Lipinski definition) is 3. The van der Waals surface area contributed by atoms with E-state index in [9.17, 15) is 9.59 Å². The molecule has 1 saturated heterocycles. The van der Waals surface area contributed by atoms with Gasteiger partial charge >= 0.3 is 0 Å². The minimum absolute atomic E-state index is 0.0329. The zero-order valence-electron chi connectivity index (χ0n) is 12.7. The van der Waals surface area contributed by atoms with Crippen LogP contribution in [0.15, 0.2) is 0 Å². The lowest BCUT2D eigenvalue weighted by Crippen LogP contribution is -2.50. The van der Waals surface area contributed by atoms with Gasteiger partial charge in [-0.25, -0.2) is 0 Å². The van der Waals surface area contributed by atoms with Crippen molar-refractivity contribution >= 4 is 11.8 Å². The molecule has 0 spiro atoms. The lowest BCUT2D eigenvalue weighted by atomic mass is 9.80. The number of hydrogen-bond donors (Lipinski definition) is 1. The average Bonchev–Trinajstić information content (AvgIpc) is 2.87. The molecule has 114 valence electrons. The highest BCUT2D eigenvalue weighted by molar-refractivity contribution is 5.88. The van der Waals surface area contributed by atoms with Crippen LogP contribution >= 0.6 is 0 Å². The minimum Gasteiger partial charge on any atom is -0.347 e. The second kappa shape index (κ2) is 6.12. The summed E-state index contributed by atoms with van der Waals surface area (Å²) in [6.07, 6.45) is 7.39. The van der Waals surface area contributed by atoms with Gasteiger partial charge in [0.1, 0.15) is 6.04 Å². The Balaban J connectivity index is 1.99. The van der Waals surface area contributed by atoms with Crippen molar-refractivity contribution in [1.82, 2.24) is 9.80 Å². The maximum absolute atomic E-state index is 12.5. The first-order valence-electron chi connectivity index (χ1n) is 7.72. The van der Waals surface area contributed by atoms with Crippen molar-refractivity contribution in [2.45, 2.75) is 62.9 Å². The van der Waals surface area contributed by atoms with Crippen LogP contribution in [0.5, 0.6) is 0 Å². The van der Waals surface area contributed by atoms with Crippen molar-refractivity contribution in [3.05, 3.63) is 0 Å². The van der Waals surface area contributed by atoms with Gasteiger partial charge in [-0.15, -0.1) is 0 Å². The van der Waals surface area contributed by atoms with Gasteiger partial charge in [0.15, 0.2) is 0 Å². The predicted molar refractivity (Wildman–Crippen MR) is 78.0 cm³/mol. The van der Waals surface area contributed by atoms with Crippen LogP contribution in [-0.4, -0.2) is 53.8 Å². The third kappa shape index (κ3) is 3.32. The van der Waals surface area contributed by atoms with E-state index in [0.29, 0.717) is 13.0 Å². The molecule has 2 rings (SSSR count). The van der Waals surface area contributed by atoms with Gasteiger partial charge in [-0.2, -0.15) is 0 Å². The van der Waals surface area contributed by atoms with E-state index in [1.54, 1.807) is 23.9 Å². The van der Waals surface area contributed by atoms with Gasteiger partial charge in [0, 0.05) is 32.6 Å². The summed E-state index contributed by atoms with van der Waals surface area (Å²) >= 11 is 0. The van der Waals surface area contributed by atoms with Gasteiger partial charge in [0.25, 0.3) is 0 Å². The molecule has 0 radical (unpaired) electrons. The monoisotopic (exact) mass is 281 g/mol. The van der Waals surface area contributed by atoms with Crippen molar-refractivity contribution in [2.75, 3.05) is 20.6 Å². The molecule has 1 heterocycles. The number of likely N-dealkylation sites (N-methyl/N-ethyl adjacent to an activating group) is 1. The van der Waals surface area contributed by atoms with E-state index in [-0.39, 0.29) is 23.4 Å². The summed E-state index contributed by atoms with van der Waals surface area (Å²) < 4.78 is 0. The third-order valence-electron chi connectivity index (χ3n) is 4.65. The molecule has 1 atom stereocenters. The van der Waals surface area contributed by atoms with E-state index >= 15 is 0 Å². The molecule has 0 aromatic carbocycles. The van der Waals surface area contributed by atoms with Crippen molar-refractivity contribution in [3.63, 3.8) is 0 Å². The second-order valence-electron chi connectivity index (χ2n) is 6.58. The van der Waals surface area contributed by atoms with Crippen LogP contribution in [0, 0.1) is 0 Å². The molecule has 20 heavy (non-hydrogen) atoms. The summed E-state index contributed by atoms with van der Waals surface area (Å²) in [5, 5.41) is 0. The molecule has 1 aliphatic heterocycles. The molecule has 5 heteroatoms. The smallest absolute Gasteiger partial charge is 0.244 e. The maximum atomic E-state index is 12.5. The van der Waals surface area contributed by atoms with Gasteiger partial charge < -0.3 is 15.5 Å². The molecular formula is C15H27N3O2. The number of nitrogens with zero attached hydrogens (tertiary/aromatic N) is 2. The van der Waals surface area contributed by atoms with Crippen molar-refractivity contribution < 1.29 is 9.59 Å². The van der Waals surface area contributed by atoms with E-state index in [1.807, 2.05) is 0 Å². The molecule has 0 bridgehead atoms. The first-order chi connectivity index (χ1) is 9.43. The average molecular weight is 281 g/mol. The van der Waals surface area contributed by atoms with E-state index in [4.69, 9.17) is 5.73 Å². The fourth-order valence-corrected chi connectivity index (χ4v) is 3.46. The van der Waals surface area contributed by atoms with Crippen LogP contribution in [0.1, 0.15) is 51.4 Å².